The molecule has 0 aliphatic carbocycles. The van der Waals surface area contributed by atoms with E-state index in [0.717, 1.165) is 53.1 Å². The Balaban J connectivity index is 1.66. The maximum atomic E-state index is 9.25. The molecule has 0 bridgehead atoms. The van der Waals surface area contributed by atoms with Crippen LogP contribution in [0, 0.1) is 18.3 Å². The molecule has 3 aromatic rings. The summed E-state index contributed by atoms with van der Waals surface area (Å²) in [5.41, 5.74) is 5.57. The number of aryl methyl sites for hydroxylation is 1. The quantitative estimate of drug-likeness (QED) is 0.470. The van der Waals surface area contributed by atoms with Crippen LogP contribution in [0.5, 0.6) is 0 Å². The molecule has 0 amide bonds. The normalized spacial score (nSPS) is 17.7. The van der Waals surface area contributed by atoms with Crippen molar-refractivity contribution in [2.75, 3.05) is 18.4 Å². The molecular formula is C19H18IN5. The molecule has 2 aromatic heterocycles. The Bertz CT molecular complexity index is 972. The highest BCUT2D eigenvalue weighted by molar-refractivity contribution is 14.1. The van der Waals surface area contributed by atoms with Crippen molar-refractivity contribution in [1.29, 1.82) is 5.26 Å². The molecule has 25 heavy (non-hydrogen) atoms. The van der Waals surface area contributed by atoms with Gasteiger partial charge in [0.2, 0.25) is 0 Å². The third-order valence-corrected chi connectivity index (χ3v) is 5.57. The molecule has 2 N–H and O–H groups in total. The largest absolute Gasteiger partial charge is 0.379 e. The Morgan fingerprint density at radius 2 is 2.24 bits per heavy atom. The molecule has 1 aromatic carbocycles. The first-order chi connectivity index (χ1) is 12.2. The average molecular weight is 443 g/mol. The lowest BCUT2D eigenvalue weighted by Crippen LogP contribution is -2.22. The molecule has 1 fully saturated rings. The van der Waals surface area contributed by atoms with Crippen LogP contribution in [0.25, 0.3) is 22.2 Å². The summed E-state index contributed by atoms with van der Waals surface area (Å²) < 4.78 is 2.31. The number of H-pyrrole nitrogens is 1. The topological polar surface area (TPSA) is 67.7 Å². The molecule has 5 nitrogen and oxygen atoms in total. The number of para-hydroxylation sites is 1. The molecule has 1 unspecified atom stereocenters. The summed E-state index contributed by atoms with van der Waals surface area (Å²) in [6.07, 6.45) is 3.09. The molecule has 126 valence electrons. The van der Waals surface area contributed by atoms with Gasteiger partial charge in [-0.05, 0) is 31.5 Å². The number of pyridine rings is 1. The second kappa shape index (κ2) is 6.65. The van der Waals surface area contributed by atoms with Crippen LogP contribution in [0.3, 0.4) is 0 Å². The highest BCUT2D eigenvalue weighted by Crippen LogP contribution is 2.30. The number of aromatic amines is 1. The van der Waals surface area contributed by atoms with E-state index in [0.29, 0.717) is 11.6 Å². The summed E-state index contributed by atoms with van der Waals surface area (Å²) in [5.74, 6) is 0. The Labute approximate surface area is 160 Å². The van der Waals surface area contributed by atoms with Crippen molar-refractivity contribution in [1.82, 2.24) is 13.1 Å². The fraction of sp³-hybridized carbons (Fsp3) is 0.263. The second-order valence-corrected chi connectivity index (χ2v) is 7.74. The van der Waals surface area contributed by atoms with Crippen LogP contribution in [0.1, 0.15) is 17.7 Å². The number of hydrogen-bond acceptors (Lipinski definition) is 4. The number of benzene rings is 1. The first-order valence-corrected chi connectivity index (χ1v) is 9.27. The van der Waals surface area contributed by atoms with Gasteiger partial charge in [0.25, 0.3) is 0 Å². The van der Waals surface area contributed by atoms with Gasteiger partial charge in [0, 0.05) is 59.1 Å². The first kappa shape index (κ1) is 16.4. The Morgan fingerprint density at radius 1 is 1.36 bits per heavy atom. The standard InChI is InChI=1S/C19H18IN5/c1-12-17(24-14-7-8-25(20)11-14)5-6-18(23-12)16-10-22-19-13(9-21)3-2-4-15(16)19/h2-6,10,14,22,24H,7-8,11H2,1H3. The zero-order valence-corrected chi connectivity index (χ0v) is 16.0. The number of fused-ring (bicyclic) bond motifs is 1. The van der Waals surface area contributed by atoms with Gasteiger partial charge in [0.05, 0.1) is 28.2 Å². The zero-order chi connectivity index (χ0) is 17.4. The summed E-state index contributed by atoms with van der Waals surface area (Å²) in [5, 5.41) is 13.9. The van der Waals surface area contributed by atoms with Crippen LogP contribution >= 0.6 is 22.9 Å². The molecule has 1 saturated heterocycles. The van der Waals surface area contributed by atoms with Gasteiger partial charge >= 0.3 is 0 Å². The molecule has 1 atom stereocenters. The van der Waals surface area contributed by atoms with E-state index < -0.39 is 0 Å². The smallest absolute Gasteiger partial charge is 0.101 e. The molecule has 0 spiro atoms. The van der Waals surface area contributed by atoms with Crippen molar-refractivity contribution < 1.29 is 0 Å². The average Bonchev–Trinajstić information content (AvgIpc) is 3.22. The van der Waals surface area contributed by atoms with Crippen LogP contribution in [0.4, 0.5) is 5.69 Å². The molecule has 1 aliphatic rings. The zero-order valence-electron chi connectivity index (χ0n) is 13.9. The Hall–Kier alpha value is -2.11. The number of nitriles is 1. The van der Waals surface area contributed by atoms with E-state index in [9.17, 15) is 5.26 Å². The van der Waals surface area contributed by atoms with E-state index in [4.69, 9.17) is 4.98 Å². The number of anilines is 1. The summed E-state index contributed by atoms with van der Waals surface area (Å²) in [6.45, 7) is 4.22. The Morgan fingerprint density at radius 3 is 2.96 bits per heavy atom. The monoisotopic (exact) mass is 443 g/mol. The first-order valence-electron chi connectivity index (χ1n) is 8.31. The fourth-order valence-electron chi connectivity index (χ4n) is 3.38. The molecular weight excluding hydrogens is 425 g/mol. The summed E-state index contributed by atoms with van der Waals surface area (Å²) in [4.78, 5) is 8.02. The number of rotatable bonds is 3. The lowest BCUT2D eigenvalue weighted by molar-refractivity contribution is 0.625. The number of nitrogens with one attached hydrogen (secondary N) is 2. The van der Waals surface area contributed by atoms with Gasteiger partial charge in [-0.1, -0.05) is 12.1 Å². The van der Waals surface area contributed by atoms with Crippen molar-refractivity contribution in [2.24, 2.45) is 0 Å². The fourth-order valence-corrected chi connectivity index (χ4v) is 4.13. The molecule has 1 aliphatic heterocycles. The third-order valence-electron chi connectivity index (χ3n) is 4.70. The van der Waals surface area contributed by atoms with Gasteiger partial charge in [-0.25, -0.2) is 3.11 Å². The van der Waals surface area contributed by atoms with Crippen molar-refractivity contribution in [3.8, 4) is 17.3 Å². The van der Waals surface area contributed by atoms with Crippen LogP contribution in [0.15, 0.2) is 36.5 Å². The SMILES string of the molecule is Cc1nc(-c2c[nH]c3c(C#N)cccc23)ccc1NC1CCN(I)C1. The third kappa shape index (κ3) is 3.10. The van der Waals surface area contributed by atoms with Gasteiger partial charge in [0.15, 0.2) is 0 Å². The number of hydrogen-bond donors (Lipinski definition) is 2. The van der Waals surface area contributed by atoms with E-state index in [-0.39, 0.29) is 0 Å². The predicted molar refractivity (Wildman–Crippen MR) is 109 cm³/mol. The van der Waals surface area contributed by atoms with Crippen LogP contribution in [-0.4, -0.2) is 32.2 Å². The van der Waals surface area contributed by atoms with Gasteiger partial charge in [0.1, 0.15) is 6.07 Å². The van der Waals surface area contributed by atoms with Crippen molar-refractivity contribution in [3.05, 3.63) is 47.8 Å². The van der Waals surface area contributed by atoms with Crippen molar-refractivity contribution >= 4 is 39.5 Å². The number of halogens is 1. The molecule has 0 saturated carbocycles. The highest BCUT2D eigenvalue weighted by Gasteiger charge is 2.21. The predicted octanol–water partition coefficient (Wildman–Crippen LogP) is 4.25. The molecule has 4 rings (SSSR count). The Kier molecular flexibility index (Phi) is 4.36. The van der Waals surface area contributed by atoms with Gasteiger partial charge in [-0.15, -0.1) is 0 Å². The minimum absolute atomic E-state index is 0.481. The van der Waals surface area contributed by atoms with E-state index in [1.807, 2.05) is 37.4 Å². The van der Waals surface area contributed by atoms with Gasteiger partial charge in [-0.2, -0.15) is 5.26 Å². The van der Waals surface area contributed by atoms with E-state index in [1.54, 1.807) is 0 Å². The molecule has 3 heterocycles. The van der Waals surface area contributed by atoms with Crippen molar-refractivity contribution in [3.63, 3.8) is 0 Å². The lowest BCUT2D eigenvalue weighted by atomic mass is 10.1. The number of aromatic nitrogens is 2. The summed E-state index contributed by atoms with van der Waals surface area (Å²) >= 11 is 2.38. The summed E-state index contributed by atoms with van der Waals surface area (Å²) in [6, 6.07) is 12.6. The minimum Gasteiger partial charge on any atom is -0.379 e. The van der Waals surface area contributed by atoms with Gasteiger partial charge < -0.3 is 10.3 Å². The maximum absolute atomic E-state index is 9.25. The van der Waals surface area contributed by atoms with Crippen molar-refractivity contribution in [2.45, 2.75) is 19.4 Å². The maximum Gasteiger partial charge on any atom is 0.101 e. The van der Waals surface area contributed by atoms with Gasteiger partial charge in [-0.3, -0.25) is 4.98 Å². The van der Waals surface area contributed by atoms with Crippen LogP contribution in [-0.2, 0) is 0 Å². The van der Waals surface area contributed by atoms with E-state index in [2.05, 4.69) is 48.4 Å². The van der Waals surface area contributed by atoms with Crippen LogP contribution in [0.2, 0.25) is 0 Å². The van der Waals surface area contributed by atoms with E-state index in [1.165, 1.54) is 0 Å². The summed E-state index contributed by atoms with van der Waals surface area (Å²) in [7, 11) is 0. The lowest BCUT2D eigenvalue weighted by Gasteiger charge is -2.16. The van der Waals surface area contributed by atoms with E-state index >= 15 is 0 Å². The minimum atomic E-state index is 0.481. The highest BCUT2D eigenvalue weighted by atomic mass is 127. The second-order valence-electron chi connectivity index (χ2n) is 6.37. The van der Waals surface area contributed by atoms with Crippen LogP contribution < -0.4 is 5.32 Å². The molecule has 0 radical (unpaired) electrons. The molecule has 6 heteroatoms. The number of nitrogens with zero attached hydrogens (tertiary/aromatic N) is 3.